The Balaban J connectivity index is 1.46. The van der Waals surface area contributed by atoms with Crippen molar-refractivity contribution in [3.8, 4) is 11.9 Å². The van der Waals surface area contributed by atoms with Gasteiger partial charge in [0, 0.05) is 30.1 Å². The summed E-state index contributed by atoms with van der Waals surface area (Å²) in [6, 6.07) is 8.29. The first-order valence-electron chi connectivity index (χ1n) is 11.0. The minimum absolute atomic E-state index is 0.116. The molecule has 3 aromatic rings. The predicted molar refractivity (Wildman–Crippen MR) is 119 cm³/mol. The van der Waals surface area contributed by atoms with Crippen LogP contribution in [0, 0.1) is 6.92 Å². The zero-order valence-corrected chi connectivity index (χ0v) is 18.7. The molecule has 1 aliphatic rings. The number of hydrogen-bond acceptors (Lipinski definition) is 7. The Morgan fingerprint density at radius 2 is 2.06 bits per heavy atom. The minimum atomic E-state index is -0.149. The van der Waals surface area contributed by atoms with Gasteiger partial charge in [-0.3, -0.25) is 4.79 Å². The summed E-state index contributed by atoms with van der Waals surface area (Å²) in [5.74, 6) is 1.63. The molecule has 0 spiro atoms. The van der Waals surface area contributed by atoms with E-state index >= 15 is 0 Å². The van der Waals surface area contributed by atoms with Crippen molar-refractivity contribution in [2.75, 3.05) is 18.5 Å². The molecular formula is C23H28N6O3. The normalized spacial score (nSPS) is 15.2. The summed E-state index contributed by atoms with van der Waals surface area (Å²) >= 11 is 0. The second-order valence-corrected chi connectivity index (χ2v) is 7.73. The lowest BCUT2D eigenvalue weighted by atomic mass is 9.91. The molecule has 9 heteroatoms. The summed E-state index contributed by atoms with van der Waals surface area (Å²) in [7, 11) is 0. The molecular weight excluding hydrogens is 408 g/mol. The maximum Gasteiger partial charge on any atom is 0.319 e. The summed E-state index contributed by atoms with van der Waals surface area (Å²) in [5, 5.41) is 11.2. The summed E-state index contributed by atoms with van der Waals surface area (Å²) in [6.07, 6.45) is 3.81. The molecule has 0 saturated heterocycles. The molecule has 0 radical (unpaired) electrons. The average Bonchev–Trinajstić information content (AvgIpc) is 3.25. The lowest BCUT2D eigenvalue weighted by Gasteiger charge is -2.23. The Labute approximate surface area is 187 Å². The number of carbonyl (C=O) groups excluding carboxylic acids is 1. The van der Waals surface area contributed by atoms with Crippen molar-refractivity contribution in [1.82, 2.24) is 24.7 Å². The van der Waals surface area contributed by atoms with Gasteiger partial charge in [-0.2, -0.15) is 4.98 Å². The number of aryl methyl sites for hydroxylation is 2. The van der Waals surface area contributed by atoms with Crippen LogP contribution in [0.3, 0.4) is 0 Å². The van der Waals surface area contributed by atoms with Gasteiger partial charge in [-0.1, -0.05) is 12.1 Å². The zero-order chi connectivity index (χ0) is 22.5. The SMILES string of the molecule is CCOc1nc(C)c(CC(=O)Nc2cccc(C3CCc4nncn4C3)c2)c(OCC)n1. The molecule has 1 atom stereocenters. The van der Waals surface area contributed by atoms with Crippen molar-refractivity contribution in [3.63, 3.8) is 0 Å². The third kappa shape index (κ3) is 4.87. The van der Waals surface area contributed by atoms with E-state index in [1.807, 2.05) is 39.0 Å². The van der Waals surface area contributed by atoms with Crippen LogP contribution in [0.15, 0.2) is 30.6 Å². The van der Waals surface area contributed by atoms with Gasteiger partial charge in [0.2, 0.25) is 11.8 Å². The summed E-state index contributed by atoms with van der Waals surface area (Å²) in [4.78, 5) is 21.5. The topological polar surface area (TPSA) is 104 Å². The van der Waals surface area contributed by atoms with Crippen molar-refractivity contribution < 1.29 is 14.3 Å². The first-order valence-corrected chi connectivity index (χ1v) is 11.0. The van der Waals surface area contributed by atoms with Crippen molar-refractivity contribution in [3.05, 3.63) is 53.2 Å². The van der Waals surface area contributed by atoms with E-state index in [4.69, 9.17) is 9.47 Å². The van der Waals surface area contributed by atoms with Crippen LogP contribution < -0.4 is 14.8 Å². The molecule has 1 aliphatic heterocycles. The molecule has 3 heterocycles. The Morgan fingerprint density at radius 3 is 2.88 bits per heavy atom. The fraction of sp³-hybridized carbons (Fsp3) is 0.435. The van der Waals surface area contributed by atoms with Gasteiger partial charge in [-0.05, 0) is 44.9 Å². The van der Waals surface area contributed by atoms with Gasteiger partial charge in [0.05, 0.1) is 25.3 Å². The quantitative estimate of drug-likeness (QED) is 0.579. The predicted octanol–water partition coefficient (Wildman–Crippen LogP) is 3.09. The zero-order valence-electron chi connectivity index (χ0n) is 18.7. The monoisotopic (exact) mass is 436 g/mol. The van der Waals surface area contributed by atoms with E-state index in [9.17, 15) is 4.79 Å². The highest BCUT2D eigenvalue weighted by atomic mass is 16.5. The van der Waals surface area contributed by atoms with E-state index in [0.717, 1.165) is 30.9 Å². The number of aromatic nitrogens is 5. The molecule has 1 amide bonds. The number of nitrogens with one attached hydrogen (secondary N) is 1. The molecule has 0 aliphatic carbocycles. The standard InChI is InChI=1S/C23H28N6O3/c1-4-31-22-19(15(3)25-23(27-22)32-5-2)12-21(30)26-18-8-6-7-16(11-18)17-9-10-20-28-24-14-29(20)13-17/h6-8,11,14,17H,4-5,9-10,12-13H2,1-3H3,(H,26,30). The summed E-state index contributed by atoms with van der Waals surface area (Å²) < 4.78 is 13.2. The molecule has 32 heavy (non-hydrogen) atoms. The maximum atomic E-state index is 12.8. The maximum absolute atomic E-state index is 12.8. The number of benzene rings is 1. The largest absolute Gasteiger partial charge is 0.478 e. The fourth-order valence-electron chi connectivity index (χ4n) is 3.96. The first-order chi connectivity index (χ1) is 15.6. The van der Waals surface area contributed by atoms with Gasteiger partial charge in [0.1, 0.15) is 12.2 Å². The van der Waals surface area contributed by atoms with Crippen molar-refractivity contribution in [2.24, 2.45) is 0 Å². The lowest BCUT2D eigenvalue weighted by Crippen LogP contribution is -2.19. The van der Waals surface area contributed by atoms with E-state index in [-0.39, 0.29) is 18.3 Å². The van der Waals surface area contributed by atoms with Gasteiger partial charge in [0.15, 0.2) is 0 Å². The molecule has 4 rings (SSSR count). The second-order valence-electron chi connectivity index (χ2n) is 7.73. The van der Waals surface area contributed by atoms with Crippen molar-refractivity contribution in [1.29, 1.82) is 0 Å². The molecule has 2 aromatic heterocycles. The van der Waals surface area contributed by atoms with E-state index in [2.05, 4.69) is 36.1 Å². The Kier molecular flexibility index (Phi) is 6.63. The van der Waals surface area contributed by atoms with Crippen LogP contribution in [0.25, 0.3) is 0 Å². The number of nitrogens with zero attached hydrogens (tertiary/aromatic N) is 5. The van der Waals surface area contributed by atoms with Crippen LogP contribution in [0.4, 0.5) is 5.69 Å². The van der Waals surface area contributed by atoms with Crippen LogP contribution in [-0.4, -0.2) is 43.9 Å². The van der Waals surface area contributed by atoms with Gasteiger partial charge >= 0.3 is 6.01 Å². The lowest BCUT2D eigenvalue weighted by molar-refractivity contribution is -0.115. The van der Waals surface area contributed by atoms with Crippen LogP contribution in [0.2, 0.25) is 0 Å². The summed E-state index contributed by atoms with van der Waals surface area (Å²) in [6.45, 7) is 7.32. The van der Waals surface area contributed by atoms with Gasteiger partial charge in [0.25, 0.3) is 0 Å². The average molecular weight is 437 g/mol. The molecule has 0 fully saturated rings. The van der Waals surface area contributed by atoms with E-state index in [0.29, 0.717) is 36.3 Å². The number of hydrogen-bond donors (Lipinski definition) is 1. The van der Waals surface area contributed by atoms with Gasteiger partial charge < -0.3 is 19.4 Å². The summed E-state index contributed by atoms with van der Waals surface area (Å²) in [5.41, 5.74) is 3.29. The third-order valence-electron chi connectivity index (χ3n) is 5.52. The van der Waals surface area contributed by atoms with Crippen molar-refractivity contribution >= 4 is 11.6 Å². The number of amides is 1. The van der Waals surface area contributed by atoms with Crippen molar-refractivity contribution in [2.45, 2.75) is 52.5 Å². The van der Waals surface area contributed by atoms with Crippen LogP contribution in [-0.2, 0) is 24.2 Å². The number of anilines is 1. The Bertz CT molecular complexity index is 1100. The highest BCUT2D eigenvalue weighted by molar-refractivity contribution is 5.92. The van der Waals surface area contributed by atoms with Crippen LogP contribution >= 0.6 is 0 Å². The Hall–Kier alpha value is -3.49. The fourth-order valence-corrected chi connectivity index (χ4v) is 3.96. The van der Waals surface area contributed by atoms with E-state index in [1.165, 1.54) is 5.56 Å². The van der Waals surface area contributed by atoms with E-state index < -0.39 is 0 Å². The minimum Gasteiger partial charge on any atom is -0.478 e. The number of rotatable bonds is 8. The van der Waals surface area contributed by atoms with Gasteiger partial charge in [-0.25, -0.2) is 4.98 Å². The van der Waals surface area contributed by atoms with Crippen LogP contribution in [0.1, 0.15) is 48.8 Å². The molecule has 1 unspecified atom stereocenters. The number of ether oxygens (including phenoxy) is 2. The molecule has 1 N–H and O–H groups in total. The molecule has 1 aromatic carbocycles. The first kappa shape index (κ1) is 21.7. The number of fused-ring (bicyclic) bond motifs is 1. The second kappa shape index (κ2) is 9.76. The smallest absolute Gasteiger partial charge is 0.319 e. The van der Waals surface area contributed by atoms with E-state index in [1.54, 1.807) is 6.33 Å². The van der Waals surface area contributed by atoms with Gasteiger partial charge in [-0.15, -0.1) is 10.2 Å². The Morgan fingerprint density at radius 1 is 1.22 bits per heavy atom. The molecule has 9 nitrogen and oxygen atoms in total. The molecule has 0 bridgehead atoms. The molecule has 0 saturated carbocycles. The number of carbonyl (C=O) groups is 1. The highest BCUT2D eigenvalue weighted by Crippen LogP contribution is 2.29. The highest BCUT2D eigenvalue weighted by Gasteiger charge is 2.22. The third-order valence-corrected chi connectivity index (χ3v) is 5.52. The van der Waals surface area contributed by atoms with Crippen LogP contribution in [0.5, 0.6) is 11.9 Å². The molecule has 168 valence electrons.